The summed E-state index contributed by atoms with van der Waals surface area (Å²) < 4.78 is 27.0. The van der Waals surface area contributed by atoms with Gasteiger partial charge in [0.2, 0.25) is 11.8 Å². The number of halogens is 2. The van der Waals surface area contributed by atoms with Gasteiger partial charge in [0.25, 0.3) is 0 Å². The molecule has 1 saturated carbocycles. The summed E-state index contributed by atoms with van der Waals surface area (Å²) in [5.41, 5.74) is 1.67. The van der Waals surface area contributed by atoms with Crippen LogP contribution >= 0.6 is 11.6 Å². The Hall–Kier alpha value is -2.98. The molecule has 0 spiro atoms. The van der Waals surface area contributed by atoms with Crippen molar-refractivity contribution in [1.29, 1.82) is 0 Å². The van der Waals surface area contributed by atoms with Crippen molar-refractivity contribution in [2.75, 3.05) is 37.0 Å². The molecule has 1 unspecified atom stereocenters. The number of aromatic nitrogens is 5. The predicted octanol–water partition coefficient (Wildman–Crippen LogP) is 3.32. The summed E-state index contributed by atoms with van der Waals surface area (Å²) >= 11 is 6.07. The van der Waals surface area contributed by atoms with Crippen molar-refractivity contribution in [2.45, 2.75) is 31.5 Å². The van der Waals surface area contributed by atoms with E-state index in [1.165, 1.54) is 12.1 Å². The van der Waals surface area contributed by atoms with Gasteiger partial charge in [-0.15, -0.1) is 10.2 Å². The number of benzene rings is 1. The minimum Gasteiger partial charge on any atom is -0.480 e. The molecule has 3 aliphatic rings. The number of methoxy groups -OCH3 is 1. The Kier molecular flexibility index (Phi) is 5.49. The Morgan fingerprint density at radius 3 is 2.76 bits per heavy atom. The van der Waals surface area contributed by atoms with E-state index in [9.17, 15) is 4.39 Å². The topological polar surface area (TPSA) is 90.2 Å². The van der Waals surface area contributed by atoms with Gasteiger partial charge in [-0.2, -0.15) is 10.1 Å². The van der Waals surface area contributed by atoms with Crippen LogP contribution in [0.15, 0.2) is 30.5 Å². The van der Waals surface area contributed by atoms with Gasteiger partial charge < -0.3 is 19.7 Å². The van der Waals surface area contributed by atoms with Gasteiger partial charge in [0, 0.05) is 30.2 Å². The van der Waals surface area contributed by atoms with Crippen molar-refractivity contribution in [3.05, 3.63) is 52.7 Å². The molecule has 0 radical (unpaired) electrons. The Bertz CT molecular complexity index is 1170. The first-order valence-electron chi connectivity index (χ1n) is 11.5. The maximum Gasteiger partial charge on any atom is 0.242 e. The second kappa shape index (κ2) is 8.66. The lowest BCUT2D eigenvalue weighted by molar-refractivity contribution is 0.0388. The van der Waals surface area contributed by atoms with E-state index >= 15 is 0 Å². The van der Waals surface area contributed by atoms with Crippen LogP contribution in [0.25, 0.3) is 0 Å². The summed E-state index contributed by atoms with van der Waals surface area (Å²) in [5, 5.41) is 16.7. The van der Waals surface area contributed by atoms with E-state index in [4.69, 9.17) is 31.2 Å². The van der Waals surface area contributed by atoms with E-state index in [0.717, 1.165) is 31.6 Å². The normalized spacial score (nSPS) is 25.8. The third-order valence-corrected chi connectivity index (χ3v) is 7.25. The number of nitrogens with one attached hydrogen (secondary N) is 1. The molecule has 2 aromatic heterocycles. The zero-order valence-electron chi connectivity index (χ0n) is 18.7. The number of hydrogen-bond donors (Lipinski definition) is 1. The molecule has 6 rings (SSSR count). The predicted molar refractivity (Wildman–Crippen MR) is 124 cm³/mol. The Morgan fingerprint density at radius 1 is 1.18 bits per heavy atom. The van der Waals surface area contributed by atoms with Crippen LogP contribution in [0, 0.1) is 17.7 Å². The maximum atomic E-state index is 13.9. The highest BCUT2D eigenvalue weighted by Gasteiger charge is 2.43. The van der Waals surface area contributed by atoms with E-state index in [2.05, 4.69) is 20.4 Å². The van der Waals surface area contributed by atoms with Crippen molar-refractivity contribution in [2.24, 2.45) is 11.8 Å². The Balaban J connectivity index is 1.20. The molecular weight excluding hydrogens is 461 g/mol. The number of fused-ring (bicyclic) bond motifs is 3. The highest BCUT2D eigenvalue weighted by atomic mass is 35.5. The van der Waals surface area contributed by atoms with Gasteiger partial charge in [-0.05, 0) is 48.4 Å². The summed E-state index contributed by atoms with van der Waals surface area (Å²) in [7, 11) is 1.60. The summed E-state index contributed by atoms with van der Waals surface area (Å²) in [6.07, 6.45) is 3.59. The molecule has 178 valence electrons. The molecule has 11 heteroatoms. The van der Waals surface area contributed by atoms with E-state index in [-0.39, 0.29) is 0 Å². The zero-order chi connectivity index (χ0) is 23.2. The Morgan fingerprint density at radius 2 is 2.00 bits per heavy atom. The van der Waals surface area contributed by atoms with Crippen LogP contribution in [0.4, 0.5) is 16.0 Å². The first-order chi connectivity index (χ1) is 16.6. The summed E-state index contributed by atoms with van der Waals surface area (Å²) in [6.45, 7) is 2.92. The van der Waals surface area contributed by atoms with Gasteiger partial charge in [0.1, 0.15) is 11.9 Å². The lowest BCUT2D eigenvalue weighted by Gasteiger charge is -2.39. The van der Waals surface area contributed by atoms with Crippen LogP contribution in [-0.2, 0) is 11.3 Å². The van der Waals surface area contributed by atoms with Crippen LogP contribution in [0.2, 0.25) is 5.02 Å². The van der Waals surface area contributed by atoms with Crippen molar-refractivity contribution < 1.29 is 13.9 Å². The van der Waals surface area contributed by atoms with Crippen LogP contribution in [0.1, 0.15) is 30.3 Å². The van der Waals surface area contributed by atoms with Crippen molar-refractivity contribution in [3.63, 3.8) is 0 Å². The summed E-state index contributed by atoms with van der Waals surface area (Å²) in [5.74, 6) is 2.31. The number of ether oxygens (including phenoxy) is 2. The van der Waals surface area contributed by atoms with Crippen molar-refractivity contribution >= 4 is 23.2 Å². The largest absolute Gasteiger partial charge is 0.480 e. The minimum atomic E-state index is -0.502. The lowest BCUT2D eigenvalue weighted by atomic mass is 9.92. The first-order valence-corrected chi connectivity index (χ1v) is 11.9. The molecule has 1 aromatic carbocycles. The molecule has 4 heterocycles. The zero-order valence-corrected chi connectivity index (χ0v) is 19.5. The smallest absolute Gasteiger partial charge is 0.242 e. The third kappa shape index (κ3) is 3.94. The first kappa shape index (κ1) is 21.5. The SMILES string of the molecule is COc1cc(N2C[C@H]3CC[C@@H](C2)C3Nc2nc3n(n2)CCO[C@@H]3c2cc(F)cc(Cl)c2)cnn1. The lowest BCUT2D eigenvalue weighted by Crippen LogP contribution is -2.48. The standard InChI is InChI=1S/C23H25ClFN7O2/c1-33-19-9-18(10-26-29-19)31-11-13-2-3-14(12-31)20(13)27-23-28-22-21(34-5-4-32(22)30-23)15-6-16(24)8-17(25)7-15/h6-10,13-14,20-21H,2-5,11-12H2,1H3,(H,27,30)/t13-,14+,20?,21-/m1/s1. The molecule has 2 aliphatic heterocycles. The fourth-order valence-electron chi connectivity index (χ4n) is 5.51. The van der Waals surface area contributed by atoms with E-state index in [0.29, 0.717) is 59.3 Å². The van der Waals surface area contributed by atoms with Gasteiger partial charge >= 0.3 is 0 Å². The second-order valence-electron chi connectivity index (χ2n) is 9.10. The fourth-order valence-corrected chi connectivity index (χ4v) is 5.74. The minimum absolute atomic E-state index is 0.292. The van der Waals surface area contributed by atoms with Crippen molar-refractivity contribution in [1.82, 2.24) is 25.0 Å². The molecule has 1 saturated heterocycles. The summed E-state index contributed by atoms with van der Waals surface area (Å²) in [6, 6.07) is 6.66. The molecule has 0 amide bonds. The van der Waals surface area contributed by atoms with E-state index < -0.39 is 11.9 Å². The molecule has 2 bridgehead atoms. The van der Waals surface area contributed by atoms with Crippen LogP contribution < -0.4 is 15.0 Å². The summed E-state index contributed by atoms with van der Waals surface area (Å²) in [4.78, 5) is 7.12. The number of hydrogen-bond acceptors (Lipinski definition) is 8. The maximum absolute atomic E-state index is 13.9. The van der Waals surface area contributed by atoms with Crippen LogP contribution in [0.5, 0.6) is 5.88 Å². The molecule has 4 atom stereocenters. The molecule has 9 nitrogen and oxygen atoms in total. The monoisotopic (exact) mass is 485 g/mol. The average Bonchev–Trinajstić information content (AvgIpc) is 3.34. The third-order valence-electron chi connectivity index (χ3n) is 7.03. The highest BCUT2D eigenvalue weighted by molar-refractivity contribution is 6.30. The number of nitrogens with zero attached hydrogens (tertiary/aromatic N) is 6. The van der Waals surface area contributed by atoms with Crippen molar-refractivity contribution in [3.8, 4) is 5.88 Å². The van der Waals surface area contributed by atoms with Gasteiger partial charge in [0.05, 0.1) is 32.1 Å². The number of rotatable bonds is 5. The van der Waals surface area contributed by atoms with Gasteiger partial charge in [0.15, 0.2) is 5.82 Å². The highest BCUT2D eigenvalue weighted by Crippen LogP contribution is 2.40. The van der Waals surface area contributed by atoms with Gasteiger partial charge in [-0.25, -0.2) is 9.07 Å². The molecular formula is C23H25ClFN7O2. The van der Waals surface area contributed by atoms with Crippen LogP contribution in [0.3, 0.4) is 0 Å². The van der Waals surface area contributed by atoms with E-state index in [1.807, 2.05) is 10.7 Å². The fraction of sp³-hybridized carbons (Fsp3) is 0.478. The number of anilines is 2. The number of piperidine rings is 1. The molecule has 1 N–H and O–H groups in total. The van der Waals surface area contributed by atoms with E-state index in [1.54, 1.807) is 19.4 Å². The second-order valence-corrected chi connectivity index (χ2v) is 9.54. The van der Waals surface area contributed by atoms with Gasteiger partial charge in [-0.3, -0.25) is 0 Å². The molecule has 1 aliphatic carbocycles. The average molecular weight is 486 g/mol. The molecule has 3 aromatic rings. The molecule has 34 heavy (non-hydrogen) atoms. The Labute approximate surface area is 201 Å². The van der Waals surface area contributed by atoms with Crippen LogP contribution in [-0.4, -0.2) is 57.8 Å². The van der Waals surface area contributed by atoms with Gasteiger partial charge in [-0.1, -0.05) is 11.6 Å². The molecule has 2 fully saturated rings. The quantitative estimate of drug-likeness (QED) is 0.588.